The van der Waals surface area contributed by atoms with Gasteiger partial charge in [0, 0.05) is 13.6 Å². The molecule has 3 N–H and O–H groups in total. The number of hydrogen-bond acceptors (Lipinski definition) is 6. The highest BCUT2D eigenvalue weighted by atomic mass is 32.1. The van der Waals surface area contributed by atoms with E-state index >= 15 is 0 Å². The maximum atomic E-state index is 12.6. The van der Waals surface area contributed by atoms with E-state index in [0.717, 1.165) is 19.3 Å². The molecule has 2 heterocycles. The van der Waals surface area contributed by atoms with E-state index in [0.29, 0.717) is 29.0 Å². The summed E-state index contributed by atoms with van der Waals surface area (Å²) in [4.78, 5) is 19.2. The maximum absolute atomic E-state index is 12.6. The lowest BCUT2D eigenvalue weighted by atomic mass is 10.1. The number of carbonyl (C=O) groups excluding carboxylic acids is 1. The molecule has 1 aliphatic carbocycles. The summed E-state index contributed by atoms with van der Waals surface area (Å²) in [5.74, 6) is 0.317. The van der Waals surface area contributed by atoms with Gasteiger partial charge in [0.05, 0.1) is 18.8 Å². The molecule has 0 bridgehead atoms. The van der Waals surface area contributed by atoms with Gasteiger partial charge >= 0.3 is 0 Å². The van der Waals surface area contributed by atoms with E-state index in [1.165, 1.54) is 11.3 Å². The van der Waals surface area contributed by atoms with Gasteiger partial charge < -0.3 is 20.7 Å². The van der Waals surface area contributed by atoms with Crippen LogP contribution >= 0.6 is 11.3 Å². The average Bonchev–Trinajstić information content (AvgIpc) is 3.03. The molecule has 2 atom stereocenters. The number of fused-ring (bicyclic) bond motifs is 1. The molecule has 6 nitrogen and oxygen atoms in total. The second kappa shape index (κ2) is 4.97. The minimum Gasteiger partial charge on any atom is -0.382 e. The molecular weight excluding hydrogens is 264 g/mol. The molecule has 1 aliphatic heterocycles. The lowest BCUT2D eigenvalue weighted by molar-refractivity contribution is -0.0443. The number of carbonyl (C=O) groups is 1. The summed E-state index contributed by atoms with van der Waals surface area (Å²) >= 11 is 1.32. The van der Waals surface area contributed by atoms with Gasteiger partial charge in [-0.15, -0.1) is 0 Å². The van der Waals surface area contributed by atoms with E-state index in [9.17, 15) is 4.79 Å². The van der Waals surface area contributed by atoms with Gasteiger partial charge in [-0.3, -0.25) is 4.79 Å². The van der Waals surface area contributed by atoms with Crippen molar-refractivity contribution in [2.45, 2.75) is 31.4 Å². The fourth-order valence-corrected chi connectivity index (χ4v) is 3.69. The van der Waals surface area contributed by atoms with Crippen molar-refractivity contribution in [3.63, 3.8) is 0 Å². The van der Waals surface area contributed by atoms with Crippen LogP contribution in [0.5, 0.6) is 0 Å². The fraction of sp³-hybridized carbons (Fsp3) is 0.667. The Labute approximate surface area is 115 Å². The Morgan fingerprint density at radius 3 is 3.16 bits per heavy atom. The summed E-state index contributed by atoms with van der Waals surface area (Å²) in [5.41, 5.74) is 5.84. The number of nitrogens with one attached hydrogen (secondary N) is 1. The van der Waals surface area contributed by atoms with Crippen molar-refractivity contribution in [2.75, 3.05) is 31.2 Å². The van der Waals surface area contributed by atoms with Crippen LogP contribution < -0.4 is 11.1 Å². The molecular formula is C12H18N4O2S. The lowest BCUT2D eigenvalue weighted by Crippen LogP contribution is -2.51. The Balaban J connectivity index is 1.84. The van der Waals surface area contributed by atoms with Crippen molar-refractivity contribution in [2.24, 2.45) is 0 Å². The number of rotatable bonds is 2. The topological polar surface area (TPSA) is 80.5 Å². The number of thiazole rings is 1. The predicted molar refractivity (Wildman–Crippen MR) is 74.5 cm³/mol. The predicted octanol–water partition coefficient (Wildman–Crippen LogP) is 1.16. The summed E-state index contributed by atoms with van der Waals surface area (Å²) in [6.45, 7) is 1.26. The van der Waals surface area contributed by atoms with Crippen LogP contribution in [0.15, 0.2) is 0 Å². The van der Waals surface area contributed by atoms with Crippen LogP contribution in [0.1, 0.15) is 28.9 Å². The summed E-state index contributed by atoms with van der Waals surface area (Å²) < 4.78 is 5.73. The zero-order valence-corrected chi connectivity index (χ0v) is 11.7. The first-order valence-corrected chi connectivity index (χ1v) is 7.39. The Morgan fingerprint density at radius 2 is 2.42 bits per heavy atom. The third kappa shape index (κ3) is 2.17. The van der Waals surface area contributed by atoms with E-state index in [1.54, 1.807) is 7.05 Å². The number of hydrogen-bond donors (Lipinski definition) is 2. The van der Waals surface area contributed by atoms with Crippen molar-refractivity contribution in [1.82, 2.24) is 9.88 Å². The minimum absolute atomic E-state index is 0.00306. The summed E-state index contributed by atoms with van der Waals surface area (Å²) in [5, 5.41) is 3.60. The van der Waals surface area contributed by atoms with Crippen molar-refractivity contribution in [1.29, 1.82) is 0 Å². The van der Waals surface area contributed by atoms with Crippen LogP contribution in [-0.2, 0) is 4.74 Å². The smallest absolute Gasteiger partial charge is 0.268 e. The lowest BCUT2D eigenvalue weighted by Gasteiger charge is -2.37. The standard InChI is InChI=1S/C12H18N4O2S/c1-14-12-15-10(13)9(19-12)11(17)16-5-6-18-8-4-2-3-7(8)16/h7-8H,2-6,13H2,1H3,(H,14,15). The van der Waals surface area contributed by atoms with Crippen LogP contribution in [0, 0.1) is 0 Å². The number of morpholine rings is 1. The molecule has 2 fully saturated rings. The van der Waals surface area contributed by atoms with Crippen molar-refractivity contribution in [3.05, 3.63) is 4.88 Å². The van der Waals surface area contributed by atoms with Crippen molar-refractivity contribution >= 4 is 28.2 Å². The van der Waals surface area contributed by atoms with Gasteiger partial charge in [0.25, 0.3) is 5.91 Å². The van der Waals surface area contributed by atoms with Crippen molar-refractivity contribution < 1.29 is 9.53 Å². The van der Waals surface area contributed by atoms with Gasteiger partial charge in [-0.2, -0.15) is 0 Å². The second-order valence-electron chi connectivity index (χ2n) is 4.89. The quantitative estimate of drug-likeness (QED) is 0.851. The first kappa shape index (κ1) is 12.7. The van der Waals surface area contributed by atoms with E-state index < -0.39 is 0 Å². The van der Waals surface area contributed by atoms with Crippen LogP contribution in [0.25, 0.3) is 0 Å². The molecule has 2 unspecified atom stereocenters. The normalized spacial score (nSPS) is 26.3. The molecule has 1 aromatic heterocycles. The maximum Gasteiger partial charge on any atom is 0.268 e. The Bertz CT molecular complexity index is 490. The molecule has 1 saturated carbocycles. The van der Waals surface area contributed by atoms with Gasteiger partial charge in [-0.25, -0.2) is 4.98 Å². The monoisotopic (exact) mass is 282 g/mol. The highest BCUT2D eigenvalue weighted by molar-refractivity contribution is 7.18. The number of amides is 1. The molecule has 104 valence electrons. The zero-order valence-electron chi connectivity index (χ0n) is 10.9. The Morgan fingerprint density at radius 1 is 1.58 bits per heavy atom. The van der Waals surface area contributed by atoms with Gasteiger partial charge in [0.15, 0.2) is 5.13 Å². The zero-order chi connectivity index (χ0) is 13.4. The largest absolute Gasteiger partial charge is 0.382 e. The molecule has 1 amide bonds. The van der Waals surface area contributed by atoms with Gasteiger partial charge in [0.1, 0.15) is 10.7 Å². The van der Waals surface area contributed by atoms with Crippen LogP contribution in [-0.4, -0.2) is 48.1 Å². The number of nitrogens with zero attached hydrogens (tertiary/aromatic N) is 2. The van der Waals surface area contributed by atoms with E-state index in [1.807, 2.05) is 4.90 Å². The van der Waals surface area contributed by atoms with Gasteiger partial charge in [-0.1, -0.05) is 11.3 Å². The number of anilines is 2. The van der Waals surface area contributed by atoms with Crippen LogP contribution in [0.3, 0.4) is 0 Å². The van der Waals surface area contributed by atoms with Gasteiger partial charge in [-0.05, 0) is 19.3 Å². The molecule has 1 saturated heterocycles. The van der Waals surface area contributed by atoms with Crippen molar-refractivity contribution in [3.8, 4) is 0 Å². The molecule has 0 spiro atoms. The molecule has 2 aliphatic rings. The number of aromatic nitrogens is 1. The molecule has 19 heavy (non-hydrogen) atoms. The molecule has 3 rings (SSSR count). The first-order chi connectivity index (χ1) is 9.20. The SMILES string of the molecule is CNc1nc(N)c(C(=O)N2CCOC3CCCC32)s1. The number of ether oxygens (including phenoxy) is 1. The molecule has 0 radical (unpaired) electrons. The third-order valence-electron chi connectivity index (χ3n) is 3.80. The second-order valence-corrected chi connectivity index (χ2v) is 5.89. The average molecular weight is 282 g/mol. The first-order valence-electron chi connectivity index (χ1n) is 6.57. The molecule has 0 aromatic carbocycles. The fourth-order valence-electron chi connectivity index (χ4n) is 2.90. The van der Waals surface area contributed by atoms with Crippen LogP contribution in [0.2, 0.25) is 0 Å². The third-order valence-corrected chi connectivity index (χ3v) is 4.88. The summed E-state index contributed by atoms with van der Waals surface area (Å²) in [6.07, 6.45) is 3.40. The van der Waals surface area contributed by atoms with E-state index in [-0.39, 0.29) is 18.1 Å². The Kier molecular flexibility index (Phi) is 3.32. The van der Waals surface area contributed by atoms with E-state index in [2.05, 4.69) is 10.3 Å². The van der Waals surface area contributed by atoms with E-state index in [4.69, 9.17) is 10.5 Å². The Hall–Kier alpha value is -1.34. The highest BCUT2D eigenvalue weighted by Gasteiger charge is 2.39. The molecule has 1 aromatic rings. The minimum atomic E-state index is -0.00306. The van der Waals surface area contributed by atoms with Crippen LogP contribution in [0.4, 0.5) is 10.9 Å². The number of nitrogen functional groups attached to an aromatic ring is 1. The molecule has 7 heteroatoms. The number of nitrogens with two attached hydrogens (primary N) is 1. The highest BCUT2D eigenvalue weighted by Crippen LogP contribution is 2.33. The summed E-state index contributed by atoms with van der Waals surface area (Å²) in [6, 6.07) is 0.209. The van der Waals surface area contributed by atoms with Gasteiger partial charge in [0.2, 0.25) is 0 Å². The summed E-state index contributed by atoms with van der Waals surface area (Å²) in [7, 11) is 1.77.